The Morgan fingerprint density at radius 1 is 1.19 bits per heavy atom. The van der Waals surface area contributed by atoms with Crippen molar-refractivity contribution in [3.63, 3.8) is 0 Å². The van der Waals surface area contributed by atoms with E-state index in [0.29, 0.717) is 18.5 Å². The van der Waals surface area contributed by atoms with Crippen LogP contribution in [0.15, 0.2) is 51.2 Å². The molecule has 0 bridgehead atoms. The van der Waals surface area contributed by atoms with E-state index in [0.717, 1.165) is 29.1 Å². The number of alkyl halides is 3. The fourth-order valence-corrected chi connectivity index (χ4v) is 2.94. The maximum absolute atomic E-state index is 12.6. The summed E-state index contributed by atoms with van der Waals surface area (Å²) >= 11 is 6.77. The average molecular weight is 402 g/mol. The predicted molar refractivity (Wildman–Crippen MR) is 88.5 cm³/mol. The first-order valence-electron chi connectivity index (χ1n) is 7.21. The minimum atomic E-state index is -4.50. The van der Waals surface area contributed by atoms with Crippen LogP contribution in [0, 0.1) is 0 Å². The van der Waals surface area contributed by atoms with Gasteiger partial charge in [-0.2, -0.15) is 13.2 Å². The highest BCUT2D eigenvalue weighted by molar-refractivity contribution is 7.99. The number of pyridine rings is 1. The first-order valence-corrected chi connectivity index (χ1v) is 8.40. The number of hydrogen-bond acceptors (Lipinski definition) is 6. The van der Waals surface area contributed by atoms with Crippen LogP contribution >= 0.6 is 23.4 Å². The van der Waals surface area contributed by atoms with E-state index in [1.54, 1.807) is 7.11 Å². The van der Waals surface area contributed by atoms with Crippen molar-refractivity contribution in [2.24, 2.45) is 0 Å². The topological polar surface area (TPSA) is 61.0 Å². The Labute approximate surface area is 155 Å². The lowest BCUT2D eigenvalue weighted by Gasteiger charge is -2.07. The van der Waals surface area contributed by atoms with Crippen molar-refractivity contribution in [1.29, 1.82) is 0 Å². The molecular formula is C16H11ClF3N3O2S. The molecule has 5 nitrogen and oxygen atoms in total. The number of aromatic nitrogens is 3. The molecular weight excluding hydrogens is 391 g/mol. The molecule has 2 aromatic heterocycles. The molecule has 0 saturated heterocycles. The number of methoxy groups -OCH3 is 1. The fraction of sp³-hybridized carbons (Fsp3) is 0.188. The van der Waals surface area contributed by atoms with Crippen LogP contribution in [-0.2, 0) is 12.6 Å². The van der Waals surface area contributed by atoms with Gasteiger partial charge in [-0.3, -0.25) is 0 Å². The summed E-state index contributed by atoms with van der Waals surface area (Å²) in [5, 5.41) is 7.93. The molecule has 26 heavy (non-hydrogen) atoms. The summed E-state index contributed by atoms with van der Waals surface area (Å²) in [5.41, 5.74) is 0.0225. The SMILES string of the molecule is COc1ccc(Cc2nnc(Sc3ncc(C(F)(F)F)cc3Cl)o2)cc1. The second kappa shape index (κ2) is 7.55. The normalized spacial score (nSPS) is 11.6. The minimum absolute atomic E-state index is 0.139. The largest absolute Gasteiger partial charge is 0.497 e. The van der Waals surface area contributed by atoms with E-state index < -0.39 is 11.7 Å². The van der Waals surface area contributed by atoms with Crippen LogP contribution in [0.4, 0.5) is 13.2 Å². The molecule has 0 atom stereocenters. The van der Waals surface area contributed by atoms with Gasteiger partial charge in [0.2, 0.25) is 5.89 Å². The molecule has 0 aliphatic heterocycles. The first-order chi connectivity index (χ1) is 12.3. The Kier molecular flexibility index (Phi) is 5.38. The van der Waals surface area contributed by atoms with Gasteiger partial charge in [-0.05, 0) is 35.5 Å². The van der Waals surface area contributed by atoms with Crippen molar-refractivity contribution in [2.45, 2.75) is 22.8 Å². The molecule has 1 aromatic carbocycles. The van der Waals surface area contributed by atoms with Crippen LogP contribution in [0.3, 0.4) is 0 Å². The highest BCUT2D eigenvalue weighted by Gasteiger charge is 2.31. The monoisotopic (exact) mass is 401 g/mol. The fourth-order valence-electron chi connectivity index (χ4n) is 2.01. The van der Waals surface area contributed by atoms with Crippen LogP contribution in [0.2, 0.25) is 5.02 Å². The van der Waals surface area contributed by atoms with Gasteiger partial charge >= 0.3 is 6.18 Å². The van der Waals surface area contributed by atoms with Gasteiger partial charge in [-0.25, -0.2) is 4.98 Å². The van der Waals surface area contributed by atoms with Crippen molar-refractivity contribution >= 4 is 23.4 Å². The molecule has 0 spiro atoms. The summed E-state index contributed by atoms with van der Waals surface area (Å²) < 4.78 is 48.5. The molecule has 0 N–H and O–H groups in total. The Bertz CT molecular complexity index is 901. The zero-order valence-electron chi connectivity index (χ0n) is 13.2. The zero-order chi connectivity index (χ0) is 18.7. The molecule has 0 amide bonds. The number of hydrogen-bond donors (Lipinski definition) is 0. The van der Waals surface area contributed by atoms with Gasteiger partial charge < -0.3 is 9.15 Å². The summed E-state index contributed by atoms with van der Waals surface area (Å²) in [4.78, 5) is 3.72. The van der Waals surface area contributed by atoms with Crippen LogP contribution in [0.1, 0.15) is 17.0 Å². The van der Waals surface area contributed by atoms with Gasteiger partial charge in [0.05, 0.1) is 24.1 Å². The van der Waals surface area contributed by atoms with Crippen molar-refractivity contribution in [3.05, 3.63) is 58.6 Å². The van der Waals surface area contributed by atoms with Crippen molar-refractivity contribution in [3.8, 4) is 5.75 Å². The van der Waals surface area contributed by atoms with E-state index in [4.69, 9.17) is 20.8 Å². The maximum Gasteiger partial charge on any atom is 0.417 e. The van der Waals surface area contributed by atoms with Crippen molar-refractivity contribution < 1.29 is 22.3 Å². The lowest BCUT2D eigenvalue weighted by atomic mass is 10.1. The molecule has 0 radical (unpaired) electrons. The molecule has 0 fully saturated rings. The summed E-state index contributed by atoms with van der Waals surface area (Å²) in [6.07, 6.45) is -3.38. The molecule has 3 aromatic rings. The Balaban J connectivity index is 1.70. The zero-order valence-corrected chi connectivity index (χ0v) is 14.8. The summed E-state index contributed by atoms with van der Waals surface area (Å²) in [6.45, 7) is 0. The third-order valence-corrected chi connectivity index (χ3v) is 4.54. The van der Waals surface area contributed by atoms with Crippen LogP contribution in [0.25, 0.3) is 0 Å². The first kappa shape index (κ1) is 18.5. The van der Waals surface area contributed by atoms with E-state index >= 15 is 0 Å². The standard InChI is InChI=1S/C16H11ClF3N3O2S/c1-24-11-4-2-9(3-5-11)6-13-22-23-15(25-13)26-14-12(17)7-10(8-21-14)16(18,19)20/h2-5,7-8H,6H2,1H3. The Hall–Kier alpha value is -2.26. The van der Waals surface area contributed by atoms with Crippen LogP contribution < -0.4 is 4.74 Å². The van der Waals surface area contributed by atoms with Gasteiger partial charge in [0, 0.05) is 6.20 Å². The summed E-state index contributed by atoms with van der Waals surface area (Å²) in [6, 6.07) is 8.17. The number of halogens is 4. The number of ether oxygens (including phenoxy) is 1. The van der Waals surface area contributed by atoms with E-state index in [1.807, 2.05) is 24.3 Å². The summed E-state index contributed by atoms with van der Waals surface area (Å²) in [7, 11) is 1.58. The molecule has 136 valence electrons. The summed E-state index contributed by atoms with van der Waals surface area (Å²) in [5.74, 6) is 1.10. The molecule has 0 unspecified atom stereocenters. The second-order valence-corrected chi connectivity index (χ2v) is 6.44. The molecule has 3 rings (SSSR count). The molecule has 2 heterocycles. The molecule has 0 aliphatic carbocycles. The van der Waals surface area contributed by atoms with E-state index in [2.05, 4.69) is 15.2 Å². The minimum Gasteiger partial charge on any atom is -0.497 e. The Morgan fingerprint density at radius 2 is 1.92 bits per heavy atom. The number of rotatable bonds is 5. The Morgan fingerprint density at radius 3 is 2.54 bits per heavy atom. The third-order valence-electron chi connectivity index (χ3n) is 3.28. The lowest BCUT2D eigenvalue weighted by Crippen LogP contribution is -2.05. The smallest absolute Gasteiger partial charge is 0.417 e. The van der Waals surface area contributed by atoms with E-state index in [9.17, 15) is 13.2 Å². The highest BCUT2D eigenvalue weighted by atomic mass is 35.5. The maximum atomic E-state index is 12.6. The second-order valence-electron chi connectivity index (χ2n) is 5.10. The van der Waals surface area contributed by atoms with Crippen LogP contribution in [0.5, 0.6) is 5.75 Å². The van der Waals surface area contributed by atoms with Gasteiger partial charge in [-0.1, -0.05) is 23.7 Å². The molecule has 10 heteroatoms. The third kappa shape index (κ3) is 4.47. The highest BCUT2D eigenvalue weighted by Crippen LogP contribution is 2.35. The number of nitrogens with zero attached hydrogens (tertiary/aromatic N) is 3. The van der Waals surface area contributed by atoms with Gasteiger partial charge in [0.25, 0.3) is 5.22 Å². The van der Waals surface area contributed by atoms with Crippen molar-refractivity contribution in [2.75, 3.05) is 7.11 Å². The number of benzene rings is 1. The molecule has 0 saturated carbocycles. The van der Waals surface area contributed by atoms with Gasteiger partial charge in [-0.15, -0.1) is 10.2 Å². The quantitative estimate of drug-likeness (QED) is 0.606. The molecule has 0 aliphatic rings. The van der Waals surface area contributed by atoms with Gasteiger partial charge in [0.15, 0.2) is 0 Å². The van der Waals surface area contributed by atoms with E-state index in [1.165, 1.54) is 0 Å². The van der Waals surface area contributed by atoms with E-state index in [-0.39, 0.29) is 15.3 Å². The average Bonchev–Trinajstić information content (AvgIpc) is 3.03. The van der Waals surface area contributed by atoms with Gasteiger partial charge in [0.1, 0.15) is 10.8 Å². The van der Waals surface area contributed by atoms with Crippen molar-refractivity contribution in [1.82, 2.24) is 15.2 Å². The predicted octanol–water partition coefficient (Wildman–Crippen LogP) is 4.89. The van der Waals surface area contributed by atoms with Crippen LogP contribution in [-0.4, -0.2) is 22.3 Å². The lowest BCUT2D eigenvalue weighted by molar-refractivity contribution is -0.137.